The molecule has 1 aliphatic rings. The van der Waals surface area contributed by atoms with Gasteiger partial charge in [-0.1, -0.05) is 6.92 Å². The second-order valence-electron chi connectivity index (χ2n) is 7.63. The van der Waals surface area contributed by atoms with Crippen LogP contribution in [0.2, 0.25) is 0 Å². The third-order valence-corrected chi connectivity index (χ3v) is 5.69. The molecule has 0 spiro atoms. The molecule has 31 heavy (non-hydrogen) atoms. The van der Waals surface area contributed by atoms with Gasteiger partial charge in [0.1, 0.15) is 24.0 Å². The predicted octanol–water partition coefficient (Wildman–Crippen LogP) is 2.05. The van der Waals surface area contributed by atoms with Gasteiger partial charge in [0.05, 0.1) is 11.7 Å². The maximum atomic E-state index is 13.1. The van der Waals surface area contributed by atoms with Crippen molar-refractivity contribution in [2.24, 2.45) is 0 Å². The number of aromatic nitrogens is 6. The highest BCUT2D eigenvalue weighted by molar-refractivity contribution is 5.90. The van der Waals surface area contributed by atoms with E-state index in [4.69, 9.17) is 9.72 Å². The van der Waals surface area contributed by atoms with Crippen molar-refractivity contribution in [3.8, 4) is 11.4 Å². The molecule has 164 valence electrons. The van der Waals surface area contributed by atoms with Crippen LogP contribution < -0.4 is 5.32 Å². The summed E-state index contributed by atoms with van der Waals surface area (Å²) in [7, 11) is 1.69. The quantitative estimate of drug-likeness (QED) is 0.613. The number of likely N-dealkylation sites (tertiary alicyclic amines) is 1. The summed E-state index contributed by atoms with van der Waals surface area (Å²) in [6.45, 7) is 7.87. The van der Waals surface area contributed by atoms with Gasteiger partial charge in [0, 0.05) is 39.1 Å². The number of amides is 1. The molecule has 1 saturated heterocycles. The van der Waals surface area contributed by atoms with E-state index in [0.717, 1.165) is 17.8 Å². The summed E-state index contributed by atoms with van der Waals surface area (Å²) in [5.41, 5.74) is 2.14. The van der Waals surface area contributed by atoms with Crippen LogP contribution in [0.4, 0.5) is 5.82 Å². The lowest BCUT2D eigenvalue weighted by Gasteiger charge is -2.23. The van der Waals surface area contributed by atoms with Crippen LogP contribution in [0, 0.1) is 6.92 Å². The van der Waals surface area contributed by atoms with Crippen LogP contribution >= 0.6 is 0 Å². The van der Waals surface area contributed by atoms with E-state index in [2.05, 4.69) is 25.3 Å². The number of imidazole rings is 1. The Morgan fingerprint density at radius 1 is 1.26 bits per heavy atom. The van der Waals surface area contributed by atoms with Crippen LogP contribution in [0.5, 0.6) is 0 Å². The Balaban J connectivity index is 1.66. The van der Waals surface area contributed by atoms with Crippen LogP contribution in [0.3, 0.4) is 0 Å². The van der Waals surface area contributed by atoms with Gasteiger partial charge in [-0.2, -0.15) is 0 Å². The molecule has 1 N–H and O–H groups in total. The zero-order valence-corrected chi connectivity index (χ0v) is 18.4. The van der Waals surface area contributed by atoms with Crippen LogP contribution in [0.25, 0.3) is 22.6 Å². The summed E-state index contributed by atoms with van der Waals surface area (Å²) in [6, 6.07) is -0.397. The number of aryl methyl sites for hydroxylation is 2. The number of ether oxygens (including phenoxy) is 1. The van der Waals surface area contributed by atoms with Gasteiger partial charge < -0.3 is 19.5 Å². The molecule has 10 nitrogen and oxygen atoms in total. The van der Waals surface area contributed by atoms with Gasteiger partial charge in [0.15, 0.2) is 17.0 Å². The first kappa shape index (κ1) is 21.1. The summed E-state index contributed by atoms with van der Waals surface area (Å²) in [5, 5.41) is 3.32. The zero-order valence-electron chi connectivity index (χ0n) is 18.4. The van der Waals surface area contributed by atoms with Crippen molar-refractivity contribution >= 4 is 22.9 Å². The maximum absolute atomic E-state index is 13.1. The summed E-state index contributed by atoms with van der Waals surface area (Å²) >= 11 is 0. The molecule has 1 unspecified atom stereocenters. The Hall–Kier alpha value is -3.14. The fourth-order valence-electron chi connectivity index (χ4n) is 3.91. The molecule has 10 heteroatoms. The van der Waals surface area contributed by atoms with Gasteiger partial charge in [0.2, 0.25) is 5.91 Å². The van der Waals surface area contributed by atoms with E-state index in [-0.39, 0.29) is 12.0 Å². The molecule has 3 aromatic heterocycles. The highest BCUT2D eigenvalue weighted by atomic mass is 16.5. The second-order valence-corrected chi connectivity index (χ2v) is 7.63. The molecule has 2 atom stereocenters. The van der Waals surface area contributed by atoms with E-state index >= 15 is 0 Å². The van der Waals surface area contributed by atoms with Gasteiger partial charge in [-0.05, 0) is 26.7 Å². The summed E-state index contributed by atoms with van der Waals surface area (Å²) < 4.78 is 7.40. The van der Waals surface area contributed by atoms with Crippen LogP contribution in [-0.2, 0) is 16.1 Å². The number of hydrogen-bond acceptors (Lipinski definition) is 8. The molecular formula is C21H28N8O2. The minimum Gasteiger partial charge on any atom is -0.380 e. The van der Waals surface area contributed by atoms with E-state index in [1.807, 2.05) is 30.2 Å². The average molecular weight is 425 g/mol. The fraction of sp³-hybridized carbons (Fsp3) is 0.524. The molecule has 0 radical (unpaired) electrons. The minimum absolute atomic E-state index is 0.0518. The van der Waals surface area contributed by atoms with Crippen molar-refractivity contribution < 1.29 is 9.53 Å². The first-order valence-electron chi connectivity index (χ1n) is 10.6. The minimum atomic E-state index is -0.397. The Bertz CT molecular complexity index is 1070. The SMILES string of the molecule is CCC(Nc1ncnc2c1nc(-c1cnc(C)nc1)n2CC)C(=O)N1CC[C@@H](OC)C1. The Morgan fingerprint density at radius 2 is 2.03 bits per heavy atom. The molecule has 4 heterocycles. The van der Waals surface area contributed by atoms with E-state index in [9.17, 15) is 4.79 Å². The number of methoxy groups -OCH3 is 1. The van der Waals surface area contributed by atoms with Crippen LogP contribution in [-0.4, -0.2) is 72.6 Å². The smallest absolute Gasteiger partial charge is 0.245 e. The van der Waals surface area contributed by atoms with E-state index in [1.54, 1.807) is 19.5 Å². The zero-order chi connectivity index (χ0) is 22.0. The third kappa shape index (κ3) is 4.07. The highest BCUT2D eigenvalue weighted by Crippen LogP contribution is 2.27. The number of anilines is 1. The number of hydrogen-bond donors (Lipinski definition) is 1. The standard InChI is InChI=1S/C21H28N8O2/c1-5-16(21(30)28-8-7-15(11-28)31-4)26-18-17-20(25-12-24-18)29(6-2)19(27-17)14-9-22-13(3)23-10-14/h9-10,12,15-16H,5-8,11H2,1-4H3,(H,24,25,26)/t15-,16?/m1/s1. The normalized spacial score (nSPS) is 17.3. The largest absolute Gasteiger partial charge is 0.380 e. The third-order valence-electron chi connectivity index (χ3n) is 5.69. The molecule has 0 aromatic carbocycles. The van der Waals surface area contributed by atoms with E-state index < -0.39 is 6.04 Å². The number of nitrogens with zero attached hydrogens (tertiary/aromatic N) is 7. The van der Waals surface area contributed by atoms with Gasteiger partial charge in [-0.3, -0.25) is 4.79 Å². The summed E-state index contributed by atoms with van der Waals surface area (Å²) in [6.07, 6.45) is 6.61. The van der Waals surface area contributed by atoms with Gasteiger partial charge in [-0.15, -0.1) is 0 Å². The molecule has 0 aliphatic carbocycles. The summed E-state index contributed by atoms with van der Waals surface area (Å²) in [4.78, 5) is 37.2. The molecule has 0 bridgehead atoms. The second kappa shape index (κ2) is 8.93. The lowest BCUT2D eigenvalue weighted by molar-refractivity contribution is -0.131. The van der Waals surface area contributed by atoms with Gasteiger partial charge >= 0.3 is 0 Å². The van der Waals surface area contributed by atoms with Crippen molar-refractivity contribution in [2.45, 2.75) is 52.3 Å². The fourth-order valence-corrected chi connectivity index (χ4v) is 3.91. The van der Waals surface area contributed by atoms with E-state index in [0.29, 0.717) is 48.9 Å². The summed E-state index contributed by atoms with van der Waals surface area (Å²) in [5.74, 6) is 2.03. The Morgan fingerprint density at radius 3 is 2.68 bits per heavy atom. The molecule has 0 saturated carbocycles. The molecule has 1 aliphatic heterocycles. The average Bonchev–Trinajstić information content (AvgIpc) is 3.42. The number of rotatable bonds is 7. The number of nitrogens with one attached hydrogen (secondary N) is 1. The van der Waals surface area contributed by atoms with Crippen molar-refractivity contribution in [3.05, 3.63) is 24.5 Å². The lowest BCUT2D eigenvalue weighted by atomic mass is 10.2. The van der Waals surface area contributed by atoms with Crippen molar-refractivity contribution in [2.75, 3.05) is 25.5 Å². The number of fused-ring (bicyclic) bond motifs is 1. The Labute approximate surface area is 181 Å². The maximum Gasteiger partial charge on any atom is 0.245 e. The first-order valence-corrected chi connectivity index (χ1v) is 10.6. The monoisotopic (exact) mass is 424 g/mol. The van der Waals surface area contributed by atoms with Crippen molar-refractivity contribution in [1.29, 1.82) is 0 Å². The van der Waals surface area contributed by atoms with E-state index in [1.165, 1.54) is 6.33 Å². The Kier molecular flexibility index (Phi) is 6.08. The van der Waals surface area contributed by atoms with Crippen molar-refractivity contribution in [1.82, 2.24) is 34.4 Å². The topological polar surface area (TPSA) is 111 Å². The molecule has 1 fully saturated rings. The van der Waals surface area contributed by atoms with Gasteiger partial charge in [0.25, 0.3) is 0 Å². The number of carbonyl (C=O) groups excluding carboxylic acids is 1. The van der Waals surface area contributed by atoms with Gasteiger partial charge in [-0.25, -0.2) is 24.9 Å². The molecule has 3 aromatic rings. The first-order chi connectivity index (χ1) is 15.0. The predicted molar refractivity (Wildman–Crippen MR) is 116 cm³/mol. The molecule has 1 amide bonds. The van der Waals surface area contributed by atoms with Crippen LogP contribution in [0.15, 0.2) is 18.7 Å². The molecular weight excluding hydrogens is 396 g/mol. The van der Waals surface area contributed by atoms with Crippen molar-refractivity contribution in [3.63, 3.8) is 0 Å². The highest BCUT2D eigenvalue weighted by Gasteiger charge is 2.31. The number of carbonyl (C=O) groups is 1. The molecule has 4 rings (SSSR count). The van der Waals surface area contributed by atoms with Crippen LogP contribution in [0.1, 0.15) is 32.5 Å². The lowest BCUT2D eigenvalue weighted by Crippen LogP contribution is -2.42.